The largest absolute Gasteiger partial charge is 0.393 e. The highest BCUT2D eigenvalue weighted by Crippen LogP contribution is 2.59. The van der Waals surface area contributed by atoms with Crippen molar-refractivity contribution in [1.82, 2.24) is 15.1 Å². The highest BCUT2D eigenvalue weighted by molar-refractivity contribution is 5.99. The predicted molar refractivity (Wildman–Crippen MR) is 151 cm³/mol. The number of fused-ring (bicyclic) bond motifs is 1. The Morgan fingerprint density at radius 1 is 1.18 bits per heavy atom. The highest BCUT2D eigenvalue weighted by atomic mass is 16.5. The number of nitrogens with two attached hydrogens (primary N) is 1. The summed E-state index contributed by atoms with van der Waals surface area (Å²) in [5.41, 5.74) is 10.2. The van der Waals surface area contributed by atoms with Crippen LogP contribution in [-0.2, 0) is 14.9 Å². The third kappa shape index (κ3) is 6.04. The standard InChI is InChI=1S/C30H43N5O3/c1-21(17-27(28(31)32-2)29(37)33-25-7-9-26(36)10-8-25)22-3-5-23(6-4-22)30-18-24(30)19-35(20-30)12-11-34-13-15-38-16-14-34/h3-6,17,24-26,36H,2,7-16,18-20,31H2,1H3,(H,33,37)/b21-17+,28-27+/t24-,25-,26-,30+/m0/s1. The molecule has 5 rings (SSSR count). The molecule has 1 amide bonds. The quantitative estimate of drug-likeness (QED) is 0.262. The van der Waals surface area contributed by atoms with Gasteiger partial charge in [0.05, 0.1) is 24.9 Å². The number of likely N-dealkylation sites (tertiary alicyclic amines) is 1. The minimum absolute atomic E-state index is 0.0390. The second kappa shape index (κ2) is 11.7. The zero-order valence-corrected chi connectivity index (χ0v) is 22.7. The van der Waals surface area contributed by atoms with Gasteiger partial charge in [0.1, 0.15) is 5.82 Å². The molecule has 2 aliphatic heterocycles. The zero-order chi connectivity index (χ0) is 26.7. The number of hydrogen-bond acceptors (Lipinski definition) is 7. The Hall–Kier alpha value is -2.52. The van der Waals surface area contributed by atoms with Crippen molar-refractivity contribution in [2.45, 2.75) is 56.6 Å². The van der Waals surface area contributed by atoms with Crippen LogP contribution in [0.3, 0.4) is 0 Å². The first-order valence-corrected chi connectivity index (χ1v) is 14.1. The number of aliphatic imine (C=N–C) groups is 1. The summed E-state index contributed by atoms with van der Waals surface area (Å²) in [4.78, 5) is 22.1. The monoisotopic (exact) mass is 521 g/mol. The molecule has 0 bridgehead atoms. The van der Waals surface area contributed by atoms with Gasteiger partial charge in [0.15, 0.2) is 0 Å². The van der Waals surface area contributed by atoms with Gasteiger partial charge < -0.3 is 25.8 Å². The lowest BCUT2D eigenvalue weighted by Gasteiger charge is -2.29. The smallest absolute Gasteiger partial charge is 0.255 e. The van der Waals surface area contributed by atoms with E-state index in [4.69, 9.17) is 10.5 Å². The molecule has 0 spiro atoms. The lowest BCUT2D eigenvalue weighted by Crippen LogP contribution is -2.41. The number of carbonyl (C=O) groups is 1. The Bertz CT molecular complexity index is 1070. The van der Waals surface area contributed by atoms with Crippen LogP contribution in [0.2, 0.25) is 0 Å². The van der Waals surface area contributed by atoms with Gasteiger partial charge in [-0.15, -0.1) is 0 Å². The summed E-state index contributed by atoms with van der Waals surface area (Å²) >= 11 is 0. The molecule has 2 atom stereocenters. The normalized spacial score (nSPS) is 30.9. The third-order valence-corrected chi connectivity index (χ3v) is 9.05. The van der Waals surface area contributed by atoms with Gasteiger partial charge in [-0.05, 0) is 74.4 Å². The van der Waals surface area contributed by atoms with Crippen molar-refractivity contribution in [2.75, 3.05) is 52.5 Å². The number of aliphatic hydroxyl groups excluding tert-OH is 1. The Morgan fingerprint density at radius 3 is 2.55 bits per heavy atom. The van der Waals surface area contributed by atoms with Crippen LogP contribution in [-0.4, -0.2) is 92.2 Å². The minimum Gasteiger partial charge on any atom is -0.393 e. The Balaban J connectivity index is 1.21. The Kier molecular flexibility index (Phi) is 8.33. The number of nitrogens with one attached hydrogen (secondary N) is 1. The molecule has 4 aliphatic rings. The summed E-state index contributed by atoms with van der Waals surface area (Å²) in [6, 6.07) is 8.90. The molecule has 2 saturated heterocycles. The van der Waals surface area contributed by atoms with Crippen molar-refractivity contribution >= 4 is 18.2 Å². The van der Waals surface area contributed by atoms with Gasteiger partial charge in [0.25, 0.3) is 5.91 Å². The number of aliphatic hydroxyl groups is 1. The summed E-state index contributed by atoms with van der Waals surface area (Å²) < 4.78 is 5.48. The number of amides is 1. The first-order valence-electron chi connectivity index (χ1n) is 14.1. The molecule has 0 unspecified atom stereocenters. The fourth-order valence-corrected chi connectivity index (χ4v) is 6.50. The van der Waals surface area contributed by atoms with Crippen molar-refractivity contribution in [1.29, 1.82) is 0 Å². The fraction of sp³-hybridized carbons (Fsp3) is 0.600. The van der Waals surface area contributed by atoms with Gasteiger partial charge in [0, 0.05) is 50.7 Å². The number of benzene rings is 1. The van der Waals surface area contributed by atoms with E-state index in [2.05, 4.69) is 51.1 Å². The van der Waals surface area contributed by atoms with E-state index in [0.29, 0.717) is 23.8 Å². The van der Waals surface area contributed by atoms with Crippen molar-refractivity contribution in [2.24, 2.45) is 16.6 Å². The maximum Gasteiger partial charge on any atom is 0.255 e. The van der Waals surface area contributed by atoms with Crippen LogP contribution in [0.4, 0.5) is 0 Å². The van der Waals surface area contributed by atoms with Crippen molar-refractivity contribution in [3.8, 4) is 0 Å². The van der Waals surface area contributed by atoms with Crippen LogP contribution in [0.5, 0.6) is 0 Å². The Morgan fingerprint density at radius 2 is 1.87 bits per heavy atom. The van der Waals surface area contributed by atoms with Gasteiger partial charge in [0.2, 0.25) is 0 Å². The number of nitrogens with zero attached hydrogens (tertiary/aromatic N) is 3. The van der Waals surface area contributed by atoms with Crippen LogP contribution in [0.15, 0.2) is 46.7 Å². The first-order chi connectivity index (χ1) is 18.4. The molecule has 206 valence electrons. The van der Waals surface area contributed by atoms with E-state index >= 15 is 0 Å². The summed E-state index contributed by atoms with van der Waals surface area (Å²) in [5, 5.41) is 12.8. The van der Waals surface area contributed by atoms with Crippen LogP contribution in [0.1, 0.15) is 50.2 Å². The number of morpholine rings is 1. The number of piperidine rings is 1. The van der Waals surface area contributed by atoms with Gasteiger partial charge in [-0.3, -0.25) is 9.69 Å². The average Bonchev–Trinajstić information content (AvgIpc) is 3.52. The topological polar surface area (TPSA) is 103 Å². The summed E-state index contributed by atoms with van der Waals surface area (Å²) in [7, 11) is 0. The molecule has 8 nitrogen and oxygen atoms in total. The zero-order valence-electron chi connectivity index (χ0n) is 22.7. The maximum absolute atomic E-state index is 13.1. The van der Waals surface area contributed by atoms with Crippen LogP contribution in [0.25, 0.3) is 5.57 Å². The second-order valence-corrected chi connectivity index (χ2v) is 11.6. The van der Waals surface area contributed by atoms with E-state index in [9.17, 15) is 9.90 Å². The summed E-state index contributed by atoms with van der Waals surface area (Å²) in [6.07, 6.45) is 5.76. The molecule has 38 heavy (non-hydrogen) atoms. The van der Waals surface area contributed by atoms with Gasteiger partial charge in [-0.25, -0.2) is 4.99 Å². The maximum atomic E-state index is 13.1. The van der Waals surface area contributed by atoms with Gasteiger partial charge in [-0.1, -0.05) is 24.3 Å². The molecule has 4 fully saturated rings. The molecule has 2 heterocycles. The van der Waals surface area contributed by atoms with Gasteiger partial charge in [-0.2, -0.15) is 0 Å². The fourth-order valence-electron chi connectivity index (χ4n) is 6.50. The second-order valence-electron chi connectivity index (χ2n) is 11.6. The van der Waals surface area contributed by atoms with E-state index in [1.165, 1.54) is 18.5 Å². The molecule has 1 aromatic carbocycles. The lowest BCUT2D eigenvalue weighted by atomic mass is 9.92. The molecule has 1 aromatic rings. The molecular formula is C30H43N5O3. The van der Waals surface area contributed by atoms with Crippen LogP contribution in [0, 0.1) is 5.92 Å². The molecular weight excluding hydrogens is 478 g/mol. The van der Waals surface area contributed by atoms with E-state index in [1.54, 1.807) is 0 Å². The lowest BCUT2D eigenvalue weighted by molar-refractivity contribution is -0.118. The SMILES string of the molecule is C=N/C(N)=C(\C=C(/C)c1ccc([C@]23C[C@H]2CN(CCN2CCOCC2)C3)cc1)C(=O)N[C@H]1CC[C@H](O)CC1. The number of rotatable bonds is 9. The van der Waals surface area contributed by atoms with Crippen LogP contribution >= 0.6 is 0 Å². The van der Waals surface area contributed by atoms with Gasteiger partial charge >= 0.3 is 0 Å². The molecule has 2 saturated carbocycles. The van der Waals surface area contributed by atoms with E-state index < -0.39 is 0 Å². The van der Waals surface area contributed by atoms with Crippen molar-refractivity contribution < 1.29 is 14.6 Å². The number of carbonyl (C=O) groups excluding carboxylic acids is 1. The molecule has 0 radical (unpaired) electrons. The summed E-state index contributed by atoms with van der Waals surface area (Å²) in [5.74, 6) is 0.638. The van der Waals surface area contributed by atoms with Crippen molar-refractivity contribution in [3.63, 3.8) is 0 Å². The predicted octanol–water partition coefficient (Wildman–Crippen LogP) is 2.29. The molecule has 4 N–H and O–H groups in total. The van der Waals surface area contributed by atoms with E-state index in [1.807, 2.05) is 13.0 Å². The average molecular weight is 522 g/mol. The highest BCUT2D eigenvalue weighted by Gasteiger charge is 2.60. The Labute approximate surface area is 226 Å². The van der Waals surface area contributed by atoms with Crippen LogP contribution < -0.4 is 11.1 Å². The molecule has 8 heteroatoms. The summed E-state index contributed by atoms with van der Waals surface area (Å²) in [6.45, 7) is 13.9. The minimum atomic E-state index is -0.268. The molecule has 0 aromatic heterocycles. The van der Waals surface area contributed by atoms with E-state index in [-0.39, 0.29) is 23.9 Å². The molecule has 2 aliphatic carbocycles. The van der Waals surface area contributed by atoms with E-state index in [0.717, 1.165) is 75.8 Å². The number of ether oxygens (including phenoxy) is 1. The van der Waals surface area contributed by atoms with Crippen molar-refractivity contribution in [3.05, 3.63) is 52.9 Å². The number of hydrogen-bond donors (Lipinski definition) is 3. The third-order valence-electron chi connectivity index (χ3n) is 9.05. The first kappa shape index (κ1) is 27.1. The number of allylic oxidation sites excluding steroid dienone is 1.